The molecule has 0 aliphatic rings. The van der Waals surface area contributed by atoms with E-state index in [9.17, 15) is 4.79 Å². The molecule has 0 unspecified atom stereocenters. The molecule has 2 aromatic rings. The number of nitrogens with one attached hydrogen (secondary N) is 1. The van der Waals surface area contributed by atoms with Crippen LogP contribution in [0.4, 0.5) is 0 Å². The number of aryl methyl sites for hydroxylation is 1. The van der Waals surface area contributed by atoms with Gasteiger partial charge in [0.05, 0.1) is 11.9 Å². The smallest absolute Gasteiger partial charge is 0.220 e. The lowest BCUT2D eigenvalue weighted by atomic mass is 10.2. The van der Waals surface area contributed by atoms with Crippen molar-refractivity contribution in [3.63, 3.8) is 0 Å². The largest absolute Gasteiger partial charge is 0.354 e. The maximum absolute atomic E-state index is 11.6. The highest BCUT2D eigenvalue weighted by molar-refractivity contribution is 5.76. The highest BCUT2D eigenvalue weighted by Gasteiger charge is 2.06. The summed E-state index contributed by atoms with van der Waals surface area (Å²) in [7, 11) is 0. The van der Waals surface area contributed by atoms with Gasteiger partial charge in [-0.05, 0) is 38.0 Å². The van der Waals surface area contributed by atoms with Crippen molar-refractivity contribution in [2.45, 2.75) is 32.7 Å². The Morgan fingerprint density at radius 2 is 2.05 bits per heavy atom. The van der Waals surface area contributed by atoms with Gasteiger partial charge in [-0.25, -0.2) is 4.68 Å². The van der Waals surface area contributed by atoms with Gasteiger partial charge in [0.2, 0.25) is 5.91 Å². The Kier molecular flexibility index (Phi) is 4.34. The molecule has 4 heteroatoms. The van der Waals surface area contributed by atoms with Gasteiger partial charge in [0.25, 0.3) is 0 Å². The fourth-order valence-electron chi connectivity index (χ4n) is 1.86. The number of hydrogen-bond acceptors (Lipinski definition) is 2. The van der Waals surface area contributed by atoms with Crippen LogP contribution in [0.15, 0.2) is 42.7 Å². The first kappa shape index (κ1) is 13.3. The van der Waals surface area contributed by atoms with Crippen LogP contribution in [-0.4, -0.2) is 21.7 Å². The van der Waals surface area contributed by atoms with E-state index in [2.05, 4.69) is 10.4 Å². The Hall–Kier alpha value is -2.10. The van der Waals surface area contributed by atoms with Crippen molar-refractivity contribution >= 4 is 5.91 Å². The number of carbonyl (C=O) groups is 1. The van der Waals surface area contributed by atoms with Crippen LogP contribution in [-0.2, 0) is 11.2 Å². The fourth-order valence-corrected chi connectivity index (χ4v) is 1.86. The normalized spacial score (nSPS) is 10.7. The van der Waals surface area contributed by atoms with Crippen LogP contribution in [0.2, 0.25) is 0 Å². The summed E-state index contributed by atoms with van der Waals surface area (Å²) in [6, 6.07) is 10.1. The van der Waals surface area contributed by atoms with Crippen LogP contribution in [0, 0.1) is 0 Å². The Bertz CT molecular complexity index is 531. The molecule has 0 fully saturated rings. The molecule has 0 atom stereocenters. The number of benzene rings is 1. The number of aromatic nitrogens is 2. The number of carbonyl (C=O) groups excluding carboxylic acids is 1. The highest BCUT2D eigenvalue weighted by Crippen LogP contribution is 2.09. The maximum atomic E-state index is 11.6. The zero-order valence-corrected chi connectivity index (χ0v) is 11.3. The first-order valence-corrected chi connectivity index (χ1v) is 6.53. The minimum Gasteiger partial charge on any atom is -0.354 e. The predicted molar refractivity (Wildman–Crippen MR) is 75.2 cm³/mol. The van der Waals surface area contributed by atoms with Gasteiger partial charge in [-0.2, -0.15) is 5.10 Å². The number of para-hydroxylation sites is 1. The molecule has 2 rings (SSSR count). The molecule has 100 valence electrons. The second-order valence-electron chi connectivity index (χ2n) is 4.85. The van der Waals surface area contributed by atoms with Crippen molar-refractivity contribution < 1.29 is 4.79 Å². The molecule has 0 aliphatic carbocycles. The summed E-state index contributed by atoms with van der Waals surface area (Å²) in [5.41, 5.74) is 2.10. The second-order valence-corrected chi connectivity index (χ2v) is 4.85. The molecule has 0 aliphatic heterocycles. The number of rotatable bonds is 5. The van der Waals surface area contributed by atoms with Crippen molar-refractivity contribution in [1.82, 2.24) is 15.1 Å². The Morgan fingerprint density at radius 1 is 1.32 bits per heavy atom. The topological polar surface area (TPSA) is 46.9 Å². The summed E-state index contributed by atoms with van der Waals surface area (Å²) in [6.07, 6.45) is 5.00. The molecule has 1 N–H and O–H groups in total. The van der Waals surface area contributed by atoms with Gasteiger partial charge in [-0.1, -0.05) is 18.2 Å². The molecule has 1 aromatic heterocycles. The zero-order chi connectivity index (χ0) is 13.7. The van der Waals surface area contributed by atoms with E-state index >= 15 is 0 Å². The third kappa shape index (κ3) is 3.95. The van der Waals surface area contributed by atoms with E-state index < -0.39 is 0 Å². The first-order valence-electron chi connectivity index (χ1n) is 6.53. The molecule has 19 heavy (non-hydrogen) atoms. The molecular weight excluding hydrogens is 238 g/mol. The molecule has 0 spiro atoms. The third-order valence-electron chi connectivity index (χ3n) is 2.75. The minimum absolute atomic E-state index is 0.0856. The van der Waals surface area contributed by atoms with E-state index in [1.165, 1.54) is 0 Å². The monoisotopic (exact) mass is 257 g/mol. The molecule has 0 bridgehead atoms. The van der Waals surface area contributed by atoms with Crippen LogP contribution in [0.1, 0.15) is 25.8 Å². The van der Waals surface area contributed by atoms with E-state index in [0.29, 0.717) is 12.8 Å². The number of hydrogen-bond donors (Lipinski definition) is 1. The van der Waals surface area contributed by atoms with Gasteiger partial charge in [0.1, 0.15) is 0 Å². The summed E-state index contributed by atoms with van der Waals surface area (Å²) in [5.74, 6) is 0.0856. The van der Waals surface area contributed by atoms with Gasteiger partial charge in [0, 0.05) is 18.7 Å². The molecule has 0 saturated carbocycles. The van der Waals surface area contributed by atoms with Crippen molar-refractivity contribution in [3.05, 3.63) is 48.3 Å². The van der Waals surface area contributed by atoms with Gasteiger partial charge >= 0.3 is 0 Å². The number of nitrogens with zero attached hydrogens (tertiary/aromatic N) is 2. The van der Waals surface area contributed by atoms with Crippen LogP contribution < -0.4 is 5.32 Å². The maximum Gasteiger partial charge on any atom is 0.220 e. The third-order valence-corrected chi connectivity index (χ3v) is 2.75. The zero-order valence-electron chi connectivity index (χ0n) is 11.3. The Morgan fingerprint density at radius 3 is 2.74 bits per heavy atom. The van der Waals surface area contributed by atoms with Gasteiger partial charge in [-0.3, -0.25) is 4.79 Å². The lowest BCUT2D eigenvalue weighted by molar-refractivity contribution is -0.121. The SMILES string of the molecule is CC(C)NC(=O)CCc1cnn(-c2ccccc2)c1. The molecule has 1 heterocycles. The van der Waals surface area contributed by atoms with Gasteiger partial charge < -0.3 is 5.32 Å². The van der Waals surface area contributed by atoms with Crippen LogP contribution in [0.3, 0.4) is 0 Å². The highest BCUT2D eigenvalue weighted by atomic mass is 16.1. The molecule has 1 aromatic carbocycles. The van der Waals surface area contributed by atoms with E-state index in [4.69, 9.17) is 0 Å². The molecule has 0 radical (unpaired) electrons. The standard InChI is InChI=1S/C15H19N3O/c1-12(2)17-15(19)9-8-13-10-16-18(11-13)14-6-4-3-5-7-14/h3-7,10-12H,8-9H2,1-2H3,(H,17,19). The van der Waals surface area contributed by atoms with Crippen molar-refractivity contribution in [2.75, 3.05) is 0 Å². The Balaban J connectivity index is 1.93. The lowest BCUT2D eigenvalue weighted by Gasteiger charge is -2.07. The molecule has 0 saturated heterocycles. The average molecular weight is 257 g/mol. The van der Waals surface area contributed by atoms with Crippen LogP contribution in [0.5, 0.6) is 0 Å². The summed E-state index contributed by atoms with van der Waals surface area (Å²) >= 11 is 0. The van der Waals surface area contributed by atoms with Gasteiger partial charge in [0.15, 0.2) is 0 Å². The van der Waals surface area contributed by atoms with E-state index in [-0.39, 0.29) is 11.9 Å². The summed E-state index contributed by atoms with van der Waals surface area (Å²) in [5, 5.41) is 7.20. The summed E-state index contributed by atoms with van der Waals surface area (Å²) in [4.78, 5) is 11.6. The average Bonchev–Trinajstić information content (AvgIpc) is 2.85. The van der Waals surface area contributed by atoms with E-state index in [1.807, 2.05) is 61.3 Å². The van der Waals surface area contributed by atoms with E-state index in [0.717, 1.165) is 11.3 Å². The Labute approximate surface area is 113 Å². The first-order chi connectivity index (χ1) is 9.15. The molecule has 1 amide bonds. The predicted octanol–water partition coefficient (Wildman–Crippen LogP) is 2.33. The number of amides is 1. The van der Waals surface area contributed by atoms with Gasteiger partial charge in [-0.15, -0.1) is 0 Å². The lowest BCUT2D eigenvalue weighted by Crippen LogP contribution is -2.30. The van der Waals surface area contributed by atoms with Crippen LogP contribution >= 0.6 is 0 Å². The van der Waals surface area contributed by atoms with E-state index in [1.54, 1.807) is 0 Å². The minimum atomic E-state index is 0.0856. The van der Waals surface area contributed by atoms with Crippen molar-refractivity contribution in [1.29, 1.82) is 0 Å². The van der Waals surface area contributed by atoms with Crippen molar-refractivity contribution in [3.8, 4) is 5.69 Å². The quantitative estimate of drug-likeness (QED) is 0.893. The molecular formula is C15H19N3O. The summed E-state index contributed by atoms with van der Waals surface area (Å²) < 4.78 is 1.83. The van der Waals surface area contributed by atoms with Crippen LogP contribution in [0.25, 0.3) is 5.69 Å². The fraction of sp³-hybridized carbons (Fsp3) is 0.333. The molecule has 4 nitrogen and oxygen atoms in total. The van der Waals surface area contributed by atoms with Crippen molar-refractivity contribution in [2.24, 2.45) is 0 Å². The second kappa shape index (κ2) is 6.18. The summed E-state index contributed by atoms with van der Waals surface area (Å²) in [6.45, 7) is 3.93.